The monoisotopic (exact) mass is 154 g/mol. The van der Waals surface area contributed by atoms with Crippen LogP contribution in [0.3, 0.4) is 0 Å². The second-order valence-electron chi connectivity index (χ2n) is 3.63. The summed E-state index contributed by atoms with van der Waals surface area (Å²) in [6.45, 7) is 8.88. The van der Waals surface area contributed by atoms with Crippen LogP contribution in [-0.4, -0.2) is 18.1 Å². The normalized spacial score (nSPS) is 26.5. The minimum absolute atomic E-state index is 0.551. The van der Waals surface area contributed by atoms with Crippen LogP contribution >= 0.6 is 0 Å². The maximum absolute atomic E-state index is 3.31. The number of rotatable bonds is 1. The predicted molar refractivity (Wildman–Crippen MR) is 47.9 cm³/mol. The maximum atomic E-state index is 3.31. The third-order valence-electron chi connectivity index (χ3n) is 2.43. The Hall–Kier alpha value is -0.500. The molecule has 0 amide bonds. The van der Waals surface area contributed by atoms with Gasteiger partial charge >= 0.3 is 0 Å². The fraction of sp³-hybridized carbons (Fsp3) is 0.778. The lowest BCUT2D eigenvalue weighted by molar-refractivity contribution is 0.251. The van der Waals surface area contributed by atoms with Gasteiger partial charge in [0.2, 0.25) is 0 Å². The van der Waals surface area contributed by atoms with Crippen LogP contribution in [0.5, 0.6) is 0 Å². The van der Waals surface area contributed by atoms with Gasteiger partial charge in [-0.15, -0.1) is 0 Å². The molecular weight excluding hydrogens is 136 g/mol. The second-order valence-corrected chi connectivity index (χ2v) is 3.63. The quantitative estimate of drug-likeness (QED) is 0.619. The molecule has 0 saturated heterocycles. The van der Waals surface area contributed by atoms with E-state index < -0.39 is 0 Å². The van der Waals surface area contributed by atoms with Gasteiger partial charge < -0.3 is 5.43 Å². The van der Waals surface area contributed by atoms with E-state index in [-0.39, 0.29) is 0 Å². The summed E-state index contributed by atoms with van der Waals surface area (Å²) in [7, 11) is 2.09. The first-order valence-electron chi connectivity index (χ1n) is 4.24. The third kappa shape index (κ3) is 1.41. The first-order valence-corrected chi connectivity index (χ1v) is 4.24. The molecule has 11 heavy (non-hydrogen) atoms. The Labute approximate surface area is 69.2 Å². The van der Waals surface area contributed by atoms with Crippen molar-refractivity contribution in [3.05, 3.63) is 11.3 Å². The van der Waals surface area contributed by atoms with Gasteiger partial charge in [-0.25, -0.2) is 5.01 Å². The molecule has 1 aliphatic heterocycles. The number of hydrogen-bond acceptors (Lipinski definition) is 2. The molecule has 0 fully saturated rings. The second kappa shape index (κ2) is 2.86. The lowest BCUT2D eigenvalue weighted by Crippen LogP contribution is -2.33. The van der Waals surface area contributed by atoms with Gasteiger partial charge in [-0.05, 0) is 25.3 Å². The summed E-state index contributed by atoms with van der Waals surface area (Å²) in [5, 5.41) is 2.16. The van der Waals surface area contributed by atoms with Crippen molar-refractivity contribution in [2.24, 2.45) is 5.92 Å². The Morgan fingerprint density at radius 2 is 2.00 bits per heavy atom. The zero-order chi connectivity index (χ0) is 8.59. The van der Waals surface area contributed by atoms with E-state index in [9.17, 15) is 0 Å². The van der Waals surface area contributed by atoms with Gasteiger partial charge in [0.25, 0.3) is 0 Å². The first-order chi connectivity index (χ1) is 5.04. The highest BCUT2D eigenvalue weighted by Gasteiger charge is 2.25. The molecule has 1 N–H and O–H groups in total. The molecular formula is C9H18N2. The van der Waals surface area contributed by atoms with E-state index >= 15 is 0 Å². The molecule has 0 aromatic rings. The number of hydrogen-bond donors (Lipinski definition) is 1. The van der Waals surface area contributed by atoms with Crippen LogP contribution in [-0.2, 0) is 0 Å². The number of nitrogens with zero attached hydrogens (tertiary/aromatic N) is 1. The van der Waals surface area contributed by atoms with Crippen molar-refractivity contribution in [3.63, 3.8) is 0 Å². The highest BCUT2D eigenvalue weighted by molar-refractivity contribution is 5.22. The van der Waals surface area contributed by atoms with Crippen molar-refractivity contribution in [2.45, 2.75) is 33.7 Å². The average Bonchev–Trinajstić information content (AvgIpc) is 2.07. The Kier molecular flexibility index (Phi) is 2.23. The number of allylic oxidation sites excluding steroid dienone is 1. The molecule has 0 aliphatic carbocycles. The topological polar surface area (TPSA) is 15.3 Å². The van der Waals surface area contributed by atoms with E-state index in [0.717, 1.165) is 0 Å². The molecule has 1 unspecified atom stereocenters. The van der Waals surface area contributed by atoms with Crippen LogP contribution in [0.4, 0.5) is 0 Å². The Morgan fingerprint density at radius 3 is 2.18 bits per heavy atom. The SMILES string of the molecule is CC1=C(C(C)C)C(C)N(C)N1. The number of hydrazine groups is 1. The van der Waals surface area contributed by atoms with Gasteiger partial charge in [0.05, 0.1) is 0 Å². The number of likely N-dealkylation sites (N-methyl/N-ethyl adjacent to an activating group) is 1. The molecule has 1 rings (SSSR count). The first kappa shape index (κ1) is 8.60. The van der Waals surface area contributed by atoms with E-state index in [1.807, 2.05) is 0 Å². The van der Waals surface area contributed by atoms with Crippen LogP contribution in [0.2, 0.25) is 0 Å². The molecule has 2 nitrogen and oxygen atoms in total. The van der Waals surface area contributed by atoms with Crippen LogP contribution < -0.4 is 5.43 Å². The van der Waals surface area contributed by atoms with E-state index in [2.05, 4.69) is 45.2 Å². The molecule has 64 valence electrons. The lowest BCUT2D eigenvalue weighted by atomic mass is 9.96. The number of nitrogens with one attached hydrogen (secondary N) is 1. The van der Waals surface area contributed by atoms with E-state index in [1.165, 1.54) is 11.3 Å². The fourth-order valence-corrected chi connectivity index (χ4v) is 1.86. The van der Waals surface area contributed by atoms with Gasteiger partial charge in [0.15, 0.2) is 0 Å². The van der Waals surface area contributed by atoms with E-state index in [0.29, 0.717) is 12.0 Å². The molecule has 0 aromatic carbocycles. The summed E-state index contributed by atoms with van der Waals surface area (Å²) in [6.07, 6.45) is 0. The largest absolute Gasteiger partial charge is 0.323 e. The molecule has 1 heterocycles. The summed E-state index contributed by atoms with van der Waals surface area (Å²) in [6, 6.07) is 0.551. The lowest BCUT2D eigenvalue weighted by Gasteiger charge is -2.19. The zero-order valence-electron chi connectivity index (χ0n) is 8.10. The minimum atomic E-state index is 0.551. The van der Waals surface area contributed by atoms with E-state index in [4.69, 9.17) is 0 Å². The van der Waals surface area contributed by atoms with Crippen molar-refractivity contribution < 1.29 is 0 Å². The van der Waals surface area contributed by atoms with Crippen LogP contribution in [0.1, 0.15) is 27.7 Å². The molecule has 0 aromatic heterocycles. The van der Waals surface area contributed by atoms with Gasteiger partial charge in [0, 0.05) is 18.8 Å². The van der Waals surface area contributed by atoms with Crippen LogP contribution in [0, 0.1) is 5.92 Å². The van der Waals surface area contributed by atoms with Crippen molar-refractivity contribution in [1.82, 2.24) is 10.4 Å². The average molecular weight is 154 g/mol. The smallest absolute Gasteiger partial charge is 0.0491 e. The van der Waals surface area contributed by atoms with E-state index in [1.54, 1.807) is 0 Å². The van der Waals surface area contributed by atoms with Crippen molar-refractivity contribution >= 4 is 0 Å². The van der Waals surface area contributed by atoms with Gasteiger partial charge in [-0.1, -0.05) is 13.8 Å². The minimum Gasteiger partial charge on any atom is -0.323 e. The molecule has 2 heteroatoms. The summed E-state index contributed by atoms with van der Waals surface area (Å²) in [4.78, 5) is 0. The summed E-state index contributed by atoms with van der Waals surface area (Å²) < 4.78 is 0. The predicted octanol–water partition coefficient (Wildman–Crippen LogP) is 1.75. The molecule has 1 atom stereocenters. The fourth-order valence-electron chi connectivity index (χ4n) is 1.86. The Morgan fingerprint density at radius 1 is 1.45 bits per heavy atom. The highest BCUT2D eigenvalue weighted by Crippen LogP contribution is 2.24. The van der Waals surface area contributed by atoms with Gasteiger partial charge in [-0.2, -0.15) is 0 Å². The van der Waals surface area contributed by atoms with Gasteiger partial charge in [0.1, 0.15) is 0 Å². The maximum Gasteiger partial charge on any atom is 0.0491 e. The molecule has 0 bridgehead atoms. The van der Waals surface area contributed by atoms with Crippen molar-refractivity contribution in [2.75, 3.05) is 7.05 Å². The van der Waals surface area contributed by atoms with Crippen molar-refractivity contribution in [1.29, 1.82) is 0 Å². The third-order valence-corrected chi connectivity index (χ3v) is 2.43. The summed E-state index contributed by atoms with van der Waals surface area (Å²) >= 11 is 0. The van der Waals surface area contributed by atoms with Crippen LogP contribution in [0.25, 0.3) is 0 Å². The van der Waals surface area contributed by atoms with Crippen LogP contribution in [0.15, 0.2) is 11.3 Å². The Bertz CT molecular complexity index is 182. The standard InChI is InChI=1S/C9H18N2/c1-6(2)9-7(3)10-11(5)8(9)4/h6,8,10H,1-5H3. The highest BCUT2D eigenvalue weighted by atomic mass is 15.5. The summed E-state index contributed by atoms with van der Waals surface area (Å²) in [5.41, 5.74) is 6.17. The van der Waals surface area contributed by atoms with Gasteiger partial charge in [-0.3, -0.25) is 0 Å². The zero-order valence-corrected chi connectivity index (χ0v) is 8.10. The molecule has 0 saturated carbocycles. The molecule has 0 radical (unpaired) electrons. The molecule has 1 aliphatic rings. The Balaban J connectivity index is 2.83. The van der Waals surface area contributed by atoms with Crippen molar-refractivity contribution in [3.8, 4) is 0 Å². The summed E-state index contributed by atoms with van der Waals surface area (Å²) in [5.74, 6) is 0.655. The molecule has 0 spiro atoms.